The molecule has 0 bridgehead atoms. The van der Waals surface area contributed by atoms with E-state index >= 15 is 0 Å². The van der Waals surface area contributed by atoms with Gasteiger partial charge in [0.05, 0.1) is 16.9 Å². The third-order valence-electron chi connectivity index (χ3n) is 5.08. The van der Waals surface area contributed by atoms with Gasteiger partial charge in [-0.05, 0) is 67.7 Å². The molecule has 0 fully saturated rings. The predicted molar refractivity (Wildman–Crippen MR) is 107 cm³/mol. The van der Waals surface area contributed by atoms with Gasteiger partial charge in [-0.25, -0.2) is 0 Å². The fraction of sp³-hybridized carbons (Fsp3) is 0.316. The molecule has 3 aromatic rings. The van der Waals surface area contributed by atoms with Gasteiger partial charge in [-0.15, -0.1) is 11.3 Å². The van der Waals surface area contributed by atoms with E-state index in [2.05, 4.69) is 23.4 Å². The highest BCUT2D eigenvalue weighted by Crippen LogP contribution is 2.33. The number of thiophene rings is 1. The summed E-state index contributed by atoms with van der Waals surface area (Å²) in [5, 5.41) is 2.63. The lowest BCUT2D eigenvalue weighted by Crippen LogP contribution is -2.38. The van der Waals surface area contributed by atoms with E-state index in [9.17, 15) is 9.59 Å². The summed E-state index contributed by atoms with van der Waals surface area (Å²) >= 11 is 7.02. The van der Waals surface area contributed by atoms with Gasteiger partial charge >= 0.3 is 0 Å². The van der Waals surface area contributed by atoms with Gasteiger partial charge in [-0.3, -0.25) is 14.2 Å². The van der Waals surface area contributed by atoms with E-state index in [1.165, 1.54) is 15.0 Å². The van der Waals surface area contributed by atoms with Crippen LogP contribution >= 0.6 is 23.6 Å². The fourth-order valence-corrected chi connectivity index (χ4v) is 4.91. The van der Waals surface area contributed by atoms with Crippen molar-refractivity contribution >= 4 is 40.4 Å². The average molecular weight is 386 g/mol. The lowest BCUT2D eigenvalue weighted by molar-refractivity contribution is 0.0679. The van der Waals surface area contributed by atoms with E-state index in [1.54, 1.807) is 29.5 Å². The Kier molecular flexibility index (Phi) is 4.28. The third kappa shape index (κ3) is 2.62. The zero-order valence-electron chi connectivity index (χ0n) is 14.6. The number of hydrogen-bond donors (Lipinski definition) is 1. The Morgan fingerprint density at radius 3 is 2.96 bits per heavy atom. The van der Waals surface area contributed by atoms with Crippen LogP contribution in [0, 0.1) is 4.77 Å². The second-order valence-electron chi connectivity index (χ2n) is 6.46. The number of nitrogens with zero attached hydrogens (tertiary/aromatic N) is 2. The number of H-pyrrole nitrogens is 1. The molecule has 0 spiro atoms. The number of rotatable bonds is 2. The smallest absolute Gasteiger partial charge is 0.262 e. The summed E-state index contributed by atoms with van der Waals surface area (Å²) in [7, 11) is 0. The summed E-state index contributed by atoms with van der Waals surface area (Å²) in [4.78, 5) is 31.9. The van der Waals surface area contributed by atoms with Crippen LogP contribution in [-0.4, -0.2) is 26.9 Å². The average Bonchev–Trinajstić information content (AvgIpc) is 3.11. The summed E-state index contributed by atoms with van der Waals surface area (Å²) < 4.78 is 1.90. The number of fused-ring (bicyclic) bond motifs is 2. The first kappa shape index (κ1) is 17.2. The molecule has 0 saturated carbocycles. The molecule has 5 nitrogen and oxygen atoms in total. The molecule has 7 heteroatoms. The summed E-state index contributed by atoms with van der Waals surface area (Å²) in [6, 6.07) is 7.35. The highest BCUT2D eigenvalue weighted by Gasteiger charge is 2.29. The van der Waals surface area contributed by atoms with Crippen molar-refractivity contribution in [1.82, 2.24) is 14.5 Å². The van der Waals surface area contributed by atoms with Gasteiger partial charge in [0.2, 0.25) is 0 Å². The Bertz CT molecular complexity index is 1130. The quantitative estimate of drug-likeness (QED) is 0.681. The van der Waals surface area contributed by atoms with Crippen molar-refractivity contribution in [3.63, 3.8) is 0 Å². The molecule has 1 atom stereocenters. The number of nitrogens with one attached hydrogen (secondary N) is 1. The summed E-state index contributed by atoms with van der Waals surface area (Å²) in [5.41, 5.74) is 2.29. The molecule has 1 aliphatic heterocycles. The molecule has 26 heavy (non-hydrogen) atoms. The Morgan fingerprint density at radius 1 is 1.38 bits per heavy atom. The van der Waals surface area contributed by atoms with Gasteiger partial charge in [-0.2, -0.15) is 0 Å². The molecule has 0 saturated heterocycles. The van der Waals surface area contributed by atoms with Crippen LogP contribution in [0.15, 0.2) is 34.4 Å². The Labute approximate surface area is 159 Å². The van der Waals surface area contributed by atoms with Crippen LogP contribution in [0.5, 0.6) is 0 Å². The summed E-state index contributed by atoms with van der Waals surface area (Å²) in [5.74, 6) is -0.0183. The van der Waals surface area contributed by atoms with Crippen molar-refractivity contribution in [2.75, 3.05) is 6.54 Å². The summed E-state index contributed by atoms with van der Waals surface area (Å²) in [6.07, 6.45) is 0.889. The molecule has 1 unspecified atom stereocenters. The zero-order chi connectivity index (χ0) is 18.4. The first-order valence-electron chi connectivity index (χ1n) is 8.65. The second-order valence-corrected chi connectivity index (χ2v) is 7.85. The Balaban J connectivity index is 1.74. The number of carbonyl (C=O) groups is 1. The standard InChI is InChI=1S/C19H19N3O2S2/c1-3-21-18(24)14-5-4-12(10-15(14)20-19(21)25)17(23)22-8-6-16-13(11(22)2)7-9-26-16/h4-5,7,9-11H,3,6,8H2,1-2H3,(H,20,25). The number of aromatic amines is 1. The van der Waals surface area contributed by atoms with Crippen LogP contribution in [0.25, 0.3) is 10.9 Å². The maximum atomic E-state index is 13.1. The van der Waals surface area contributed by atoms with Crippen LogP contribution in [0.3, 0.4) is 0 Å². The Morgan fingerprint density at radius 2 is 2.19 bits per heavy atom. The molecule has 4 rings (SSSR count). The fourth-order valence-electron chi connectivity index (χ4n) is 3.63. The van der Waals surface area contributed by atoms with Gasteiger partial charge < -0.3 is 9.88 Å². The molecule has 1 amide bonds. The number of carbonyl (C=O) groups excluding carboxylic acids is 1. The minimum absolute atomic E-state index is 0.0183. The van der Waals surface area contributed by atoms with E-state index in [4.69, 9.17) is 12.2 Å². The normalized spacial score (nSPS) is 16.7. The minimum atomic E-state index is -0.125. The first-order chi connectivity index (χ1) is 12.5. The van der Waals surface area contributed by atoms with E-state index in [0.29, 0.717) is 34.3 Å². The first-order valence-corrected chi connectivity index (χ1v) is 9.94. The van der Waals surface area contributed by atoms with E-state index in [-0.39, 0.29) is 17.5 Å². The number of benzene rings is 1. The summed E-state index contributed by atoms with van der Waals surface area (Å²) in [6.45, 7) is 5.17. The third-order valence-corrected chi connectivity index (χ3v) is 6.40. The van der Waals surface area contributed by atoms with Crippen molar-refractivity contribution < 1.29 is 4.79 Å². The maximum Gasteiger partial charge on any atom is 0.262 e. The van der Waals surface area contributed by atoms with Gasteiger partial charge in [0.25, 0.3) is 11.5 Å². The van der Waals surface area contributed by atoms with E-state index in [1.807, 2.05) is 11.8 Å². The van der Waals surface area contributed by atoms with Crippen molar-refractivity contribution in [3.05, 3.63) is 60.8 Å². The van der Waals surface area contributed by atoms with Gasteiger partial charge in [0.15, 0.2) is 4.77 Å². The van der Waals surface area contributed by atoms with Crippen LogP contribution in [0.1, 0.15) is 40.7 Å². The van der Waals surface area contributed by atoms with E-state index in [0.717, 1.165) is 6.42 Å². The van der Waals surface area contributed by atoms with Crippen molar-refractivity contribution in [3.8, 4) is 0 Å². The number of amides is 1. The van der Waals surface area contributed by atoms with Gasteiger partial charge in [-0.1, -0.05) is 0 Å². The molecule has 1 aliphatic rings. The molecule has 134 valence electrons. The van der Waals surface area contributed by atoms with Gasteiger partial charge in [0.1, 0.15) is 0 Å². The topological polar surface area (TPSA) is 58.1 Å². The number of hydrogen-bond acceptors (Lipinski definition) is 4. The molecule has 1 aromatic carbocycles. The predicted octanol–water partition coefficient (Wildman–Crippen LogP) is 3.90. The van der Waals surface area contributed by atoms with Crippen molar-refractivity contribution in [1.29, 1.82) is 0 Å². The van der Waals surface area contributed by atoms with Crippen molar-refractivity contribution in [2.45, 2.75) is 32.9 Å². The van der Waals surface area contributed by atoms with Crippen LogP contribution in [0.2, 0.25) is 0 Å². The molecule has 1 N–H and O–H groups in total. The zero-order valence-corrected chi connectivity index (χ0v) is 16.2. The SMILES string of the molecule is CCn1c(=S)[nH]c2cc(C(=O)N3CCc4sccc4C3C)ccc2c1=O. The monoisotopic (exact) mass is 385 g/mol. The number of aromatic nitrogens is 2. The largest absolute Gasteiger partial charge is 0.332 e. The van der Waals surface area contributed by atoms with Crippen molar-refractivity contribution in [2.24, 2.45) is 0 Å². The molecular formula is C19H19N3O2S2. The van der Waals surface area contributed by atoms with E-state index < -0.39 is 0 Å². The lowest BCUT2D eigenvalue weighted by atomic mass is 10.00. The molecule has 0 aliphatic carbocycles. The van der Waals surface area contributed by atoms with Gasteiger partial charge in [0, 0.05) is 23.5 Å². The van der Waals surface area contributed by atoms with Crippen LogP contribution < -0.4 is 5.56 Å². The molecular weight excluding hydrogens is 366 g/mol. The molecule has 3 heterocycles. The molecule has 0 radical (unpaired) electrons. The lowest BCUT2D eigenvalue weighted by Gasteiger charge is -2.33. The Hall–Kier alpha value is -2.25. The van der Waals surface area contributed by atoms with Crippen LogP contribution in [-0.2, 0) is 13.0 Å². The van der Waals surface area contributed by atoms with Crippen LogP contribution in [0.4, 0.5) is 0 Å². The highest BCUT2D eigenvalue weighted by atomic mass is 32.1. The highest BCUT2D eigenvalue weighted by molar-refractivity contribution is 7.71. The molecule has 2 aromatic heterocycles. The second kappa shape index (κ2) is 6.48. The maximum absolute atomic E-state index is 13.1. The minimum Gasteiger partial charge on any atom is -0.332 e.